The Morgan fingerprint density at radius 2 is 1.78 bits per heavy atom. The molecule has 0 aromatic heterocycles. The molecule has 0 bridgehead atoms. The van der Waals surface area contributed by atoms with Crippen molar-refractivity contribution in [1.29, 1.82) is 0 Å². The summed E-state index contributed by atoms with van der Waals surface area (Å²) >= 11 is 0. The monoisotopic (exact) mass is 313 g/mol. The van der Waals surface area contributed by atoms with Crippen LogP contribution in [0.1, 0.15) is 16.8 Å². The zero-order chi connectivity index (χ0) is 16.7. The number of carbonyl (C=O) groups is 2. The molecule has 2 amide bonds. The van der Waals surface area contributed by atoms with Gasteiger partial charge in [-0.25, -0.2) is 0 Å². The Morgan fingerprint density at radius 3 is 2.52 bits per heavy atom. The largest absolute Gasteiger partial charge is 0.352 e. The van der Waals surface area contributed by atoms with E-state index in [1.54, 1.807) is 18.0 Å². The van der Waals surface area contributed by atoms with E-state index in [1.807, 2.05) is 43.4 Å². The number of benzene rings is 2. The van der Waals surface area contributed by atoms with E-state index in [0.717, 1.165) is 17.3 Å². The highest BCUT2D eigenvalue weighted by molar-refractivity contribution is 5.98. The van der Waals surface area contributed by atoms with E-state index >= 15 is 0 Å². The van der Waals surface area contributed by atoms with Crippen molar-refractivity contribution in [3.05, 3.63) is 48.0 Å². The van der Waals surface area contributed by atoms with E-state index in [0.29, 0.717) is 25.1 Å². The predicted molar refractivity (Wildman–Crippen MR) is 92.5 cm³/mol. The van der Waals surface area contributed by atoms with Gasteiger partial charge < -0.3 is 15.5 Å². The molecule has 0 aliphatic rings. The van der Waals surface area contributed by atoms with Crippen LogP contribution in [0.15, 0.2) is 42.5 Å². The van der Waals surface area contributed by atoms with Crippen LogP contribution >= 0.6 is 0 Å². The highest BCUT2D eigenvalue weighted by Crippen LogP contribution is 2.15. The van der Waals surface area contributed by atoms with E-state index in [4.69, 9.17) is 0 Å². The third-order valence-electron chi connectivity index (χ3n) is 3.76. The van der Waals surface area contributed by atoms with Crippen LogP contribution in [0.2, 0.25) is 0 Å². The highest BCUT2D eigenvalue weighted by Gasteiger charge is 2.10. The number of nitrogens with one attached hydrogen (secondary N) is 2. The maximum atomic E-state index is 12.2. The Morgan fingerprint density at radius 1 is 1.04 bits per heavy atom. The summed E-state index contributed by atoms with van der Waals surface area (Å²) in [5.74, 6) is -0.125. The summed E-state index contributed by atoms with van der Waals surface area (Å²) in [5.41, 5.74) is 0.611. The molecule has 0 saturated heterocycles. The molecule has 0 aliphatic carbocycles. The molecule has 23 heavy (non-hydrogen) atoms. The molecule has 0 unspecified atom stereocenters. The SMILES string of the molecule is CNCCN(C)C(=O)CCNC(=O)c1ccc2ccccc2c1. The quantitative estimate of drug-likeness (QED) is 0.817. The van der Waals surface area contributed by atoms with Gasteiger partial charge in [-0.2, -0.15) is 0 Å². The van der Waals surface area contributed by atoms with Gasteiger partial charge in [-0.1, -0.05) is 30.3 Å². The number of hydrogen-bond donors (Lipinski definition) is 2. The summed E-state index contributed by atoms with van der Waals surface area (Å²) in [6.07, 6.45) is 0.305. The molecule has 2 N–H and O–H groups in total. The lowest BCUT2D eigenvalue weighted by atomic mass is 10.1. The smallest absolute Gasteiger partial charge is 0.251 e. The van der Waals surface area contributed by atoms with Gasteiger partial charge >= 0.3 is 0 Å². The number of nitrogens with zero attached hydrogens (tertiary/aromatic N) is 1. The highest BCUT2D eigenvalue weighted by atomic mass is 16.2. The van der Waals surface area contributed by atoms with Crippen LogP contribution in [-0.2, 0) is 4.79 Å². The number of fused-ring (bicyclic) bond motifs is 1. The van der Waals surface area contributed by atoms with Crippen molar-refractivity contribution in [2.45, 2.75) is 6.42 Å². The van der Waals surface area contributed by atoms with Gasteiger partial charge in [0, 0.05) is 38.7 Å². The summed E-state index contributed by atoms with van der Waals surface area (Å²) < 4.78 is 0. The second-order valence-corrected chi connectivity index (χ2v) is 5.49. The minimum Gasteiger partial charge on any atom is -0.352 e. The number of likely N-dealkylation sites (N-methyl/N-ethyl adjacent to an activating group) is 2. The van der Waals surface area contributed by atoms with Crippen molar-refractivity contribution in [2.24, 2.45) is 0 Å². The fourth-order valence-corrected chi connectivity index (χ4v) is 2.31. The van der Waals surface area contributed by atoms with Crippen LogP contribution in [0.3, 0.4) is 0 Å². The zero-order valence-electron chi connectivity index (χ0n) is 13.6. The van der Waals surface area contributed by atoms with E-state index in [2.05, 4.69) is 10.6 Å². The summed E-state index contributed by atoms with van der Waals surface area (Å²) in [6.45, 7) is 1.76. The summed E-state index contributed by atoms with van der Waals surface area (Å²) in [6, 6.07) is 13.5. The second kappa shape index (κ2) is 8.29. The Bertz CT molecular complexity index is 685. The molecule has 5 nitrogen and oxygen atoms in total. The predicted octanol–water partition coefficient (Wildman–Crippen LogP) is 1.64. The minimum atomic E-state index is -0.151. The van der Waals surface area contributed by atoms with Gasteiger partial charge in [0.25, 0.3) is 5.91 Å². The first kappa shape index (κ1) is 17.0. The maximum absolute atomic E-state index is 12.2. The van der Waals surface area contributed by atoms with E-state index in [9.17, 15) is 9.59 Å². The maximum Gasteiger partial charge on any atom is 0.251 e. The molecular formula is C18H23N3O2. The van der Waals surface area contributed by atoms with Crippen molar-refractivity contribution in [2.75, 3.05) is 33.7 Å². The van der Waals surface area contributed by atoms with Crippen LogP contribution in [-0.4, -0.2) is 50.4 Å². The van der Waals surface area contributed by atoms with Crippen molar-refractivity contribution in [3.63, 3.8) is 0 Å². The molecule has 0 radical (unpaired) electrons. The van der Waals surface area contributed by atoms with Crippen LogP contribution in [0.5, 0.6) is 0 Å². The molecule has 2 aromatic rings. The average Bonchev–Trinajstić information content (AvgIpc) is 2.58. The van der Waals surface area contributed by atoms with Crippen molar-refractivity contribution < 1.29 is 9.59 Å². The molecule has 2 aromatic carbocycles. The van der Waals surface area contributed by atoms with Crippen LogP contribution < -0.4 is 10.6 Å². The van der Waals surface area contributed by atoms with Crippen LogP contribution in [0.25, 0.3) is 10.8 Å². The first-order valence-electron chi connectivity index (χ1n) is 7.77. The van der Waals surface area contributed by atoms with Gasteiger partial charge in [-0.3, -0.25) is 9.59 Å². The molecule has 0 saturated carbocycles. The molecule has 5 heteroatoms. The van der Waals surface area contributed by atoms with Crippen molar-refractivity contribution >= 4 is 22.6 Å². The molecule has 0 heterocycles. The van der Waals surface area contributed by atoms with Gasteiger partial charge in [-0.15, -0.1) is 0 Å². The average molecular weight is 313 g/mol. The molecule has 0 aliphatic heterocycles. The van der Waals surface area contributed by atoms with E-state index < -0.39 is 0 Å². The summed E-state index contributed by atoms with van der Waals surface area (Å²) in [5, 5.41) is 7.94. The molecular weight excluding hydrogens is 290 g/mol. The lowest BCUT2D eigenvalue weighted by Crippen LogP contribution is -2.35. The first-order valence-corrected chi connectivity index (χ1v) is 7.77. The van der Waals surface area contributed by atoms with Crippen molar-refractivity contribution in [3.8, 4) is 0 Å². The standard InChI is InChI=1S/C18H23N3O2/c1-19-11-12-21(2)17(22)9-10-20-18(23)16-8-7-14-5-3-4-6-15(14)13-16/h3-8,13,19H,9-12H2,1-2H3,(H,20,23). The van der Waals surface area contributed by atoms with Gasteiger partial charge in [0.15, 0.2) is 0 Å². The minimum absolute atomic E-state index is 0.0269. The number of rotatable bonds is 7. The molecule has 0 atom stereocenters. The number of carbonyl (C=O) groups excluding carboxylic acids is 2. The fourth-order valence-electron chi connectivity index (χ4n) is 2.31. The Balaban J connectivity index is 1.85. The van der Waals surface area contributed by atoms with Gasteiger partial charge in [-0.05, 0) is 30.0 Å². The van der Waals surface area contributed by atoms with Gasteiger partial charge in [0.2, 0.25) is 5.91 Å². The first-order chi connectivity index (χ1) is 11.1. The Labute approximate surface area is 136 Å². The second-order valence-electron chi connectivity index (χ2n) is 5.49. The topological polar surface area (TPSA) is 61.4 Å². The van der Waals surface area contributed by atoms with Gasteiger partial charge in [0.05, 0.1) is 0 Å². The summed E-state index contributed by atoms with van der Waals surface area (Å²) in [7, 11) is 3.62. The van der Waals surface area contributed by atoms with Gasteiger partial charge in [0.1, 0.15) is 0 Å². The van der Waals surface area contributed by atoms with E-state index in [1.165, 1.54) is 0 Å². The normalized spacial score (nSPS) is 10.5. The number of amides is 2. The molecule has 122 valence electrons. The lowest BCUT2D eigenvalue weighted by molar-refractivity contribution is -0.129. The van der Waals surface area contributed by atoms with Crippen molar-refractivity contribution in [1.82, 2.24) is 15.5 Å². The zero-order valence-corrected chi connectivity index (χ0v) is 13.6. The lowest BCUT2D eigenvalue weighted by Gasteiger charge is -2.17. The summed E-state index contributed by atoms with van der Waals surface area (Å²) in [4.78, 5) is 25.7. The third kappa shape index (κ3) is 4.79. The fraction of sp³-hybridized carbons (Fsp3) is 0.333. The Kier molecular flexibility index (Phi) is 6.11. The number of hydrogen-bond acceptors (Lipinski definition) is 3. The Hall–Kier alpha value is -2.40. The molecule has 0 fully saturated rings. The van der Waals surface area contributed by atoms with Crippen LogP contribution in [0, 0.1) is 0 Å². The van der Waals surface area contributed by atoms with E-state index in [-0.39, 0.29) is 11.8 Å². The van der Waals surface area contributed by atoms with Crippen LogP contribution in [0.4, 0.5) is 0 Å². The molecule has 0 spiro atoms. The molecule has 2 rings (SSSR count). The third-order valence-corrected chi connectivity index (χ3v) is 3.76.